The number of aromatic nitrogens is 1. The number of ether oxygens (including phenoxy) is 2. The third-order valence-corrected chi connectivity index (χ3v) is 3.99. The number of nitrogens with one attached hydrogen (secondary N) is 1. The molecule has 1 heterocycles. The van der Waals surface area contributed by atoms with E-state index in [1.807, 2.05) is 36.4 Å². The molecule has 24 heavy (non-hydrogen) atoms. The second kappa shape index (κ2) is 7.81. The van der Waals surface area contributed by atoms with Gasteiger partial charge in [-0.2, -0.15) is 0 Å². The van der Waals surface area contributed by atoms with Crippen LogP contribution in [-0.4, -0.2) is 24.6 Å². The SMILES string of the molecule is COc1ccccc1CC(=O)NCc1ccc(OCC2CC2)nc1. The number of hydrogen-bond donors (Lipinski definition) is 1. The Hall–Kier alpha value is -2.56. The number of para-hydroxylation sites is 1. The van der Waals surface area contributed by atoms with E-state index >= 15 is 0 Å². The zero-order chi connectivity index (χ0) is 16.8. The molecule has 0 atom stereocenters. The Morgan fingerprint density at radius 3 is 2.79 bits per heavy atom. The van der Waals surface area contributed by atoms with Gasteiger partial charge < -0.3 is 14.8 Å². The zero-order valence-corrected chi connectivity index (χ0v) is 13.8. The van der Waals surface area contributed by atoms with Gasteiger partial charge >= 0.3 is 0 Å². The molecule has 0 aliphatic heterocycles. The second-order valence-corrected chi connectivity index (χ2v) is 6.02. The number of hydrogen-bond acceptors (Lipinski definition) is 4. The van der Waals surface area contributed by atoms with Gasteiger partial charge in [0.25, 0.3) is 0 Å². The van der Waals surface area contributed by atoms with Crippen LogP contribution < -0.4 is 14.8 Å². The molecule has 1 aliphatic rings. The van der Waals surface area contributed by atoms with Crippen molar-refractivity contribution in [1.82, 2.24) is 10.3 Å². The number of amides is 1. The summed E-state index contributed by atoms with van der Waals surface area (Å²) in [6.07, 6.45) is 4.55. The van der Waals surface area contributed by atoms with Crippen molar-refractivity contribution < 1.29 is 14.3 Å². The van der Waals surface area contributed by atoms with E-state index in [4.69, 9.17) is 9.47 Å². The summed E-state index contributed by atoms with van der Waals surface area (Å²) in [4.78, 5) is 16.4. The summed E-state index contributed by atoms with van der Waals surface area (Å²) in [5.41, 5.74) is 1.82. The standard InChI is InChI=1S/C19H22N2O3/c1-23-17-5-3-2-4-16(17)10-18(22)20-11-15-8-9-19(21-12-15)24-13-14-6-7-14/h2-5,8-9,12,14H,6-7,10-11,13H2,1H3,(H,20,22). The third-order valence-electron chi connectivity index (χ3n) is 3.99. The Kier molecular flexibility index (Phi) is 5.31. The molecule has 1 aliphatic carbocycles. The first kappa shape index (κ1) is 16.3. The van der Waals surface area contributed by atoms with E-state index in [9.17, 15) is 4.79 Å². The Bertz CT molecular complexity index is 681. The second-order valence-electron chi connectivity index (χ2n) is 6.02. The average Bonchev–Trinajstić information content (AvgIpc) is 3.44. The Morgan fingerprint density at radius 1 is 1.25 bits per heavy atom. The van der Waals surface area contributed by atoms with Crippen LogP contribution in [0.15, 0.2) is 42.6 Å². The van der Waals surface area contributed by atoms with Gasteiger partial charge in [-0.05, 0) is 30.4 Å². The number of rotatable bonds is 8. The molecule has 5 nitrogen and oxygen atoms in total. The monoisotopic (exact) mass is 326 g/mol. The zero-order valence-electron chi connectivity index (χ0n) is 13.8. The Morgan fingerprint density at radius 2 is 2.08 bits per heavy atom. The molecule has 0 saturated heterocycles. The minimum Gasteiger partial charge on any atom is -0.496 e. The molecule has 0 bridgehead atoms. The van der Waals surface area contributed by atoms with Gasteiger partial charge in [-0.15, -0.1) is 0 Å². The fourth-order valence-corrected chi connectivity index (χ4v) is 2.37. The van der Waals surface area contributed by atoms with E-state index in [1.165, 1.54) is 12.8 Å². The van der Waals surface area contributed by atoms with Gasteiger partial charge in [-0.25, -0.2) is 4.98 Å². The molecule has 1 aromatic carbocycles. The minimum absolute atomic E-state index is 0.0476. The number of carbonyl (C=O) groups excluding carboxylic acids is 1. The predicted molar refractivity (Wildman–Crippen MR) is 91.0 cm³/mol. The molecule has 1 aromatic heterocycles. The first-order chi connectivity index (χ1) is 11.7. The van der Waals surface area contributed by atoms with Crippen molar-refractivity contribution in [2.45, 2.75) is 25.8 Å². The van der Waals surface area contributed by atoms with Crippen LogP contribution in [0.25, 0.3) is 0 Å². The van der Waals surface area contributed by atoms with Gasteiger partial charge in [-0.1, -0.05) is 24.3 Å². The Balaban J connectivity index is 1.46. The van der Waals surface area contributed by atoms with E-state index in [2.05, 4.69) is 10.3 Å². The van der Waals surface area contributed by atoms with Gasteiger partial charge in [0.05, 0.1) is 20.1 Å². The lowest BCUT2D eigenvalue weighted by molar-refractivity contribution is -0.120. The van der Waals surface area contributed by atoms with Gasteiger partial charge in [0, 0.05) is 24.4 Å². The summed E-state index contributed by atoms with van der Waals surface area (Å²) in [7, 11) is 1.61. The summed E-state index contributed by atoms with van der Waals surface area (Å²) < 4.78 is 10.9. The molecule has 3 rings (SSSR count). The van der Waals surface area contributed by atoms with Crippen LogP contribution in [0.4, 0.5) is 0 Å². The quantitative estimate of drug-likeness (QED) is 0.810. The number of methoxy groups -OCH3 is 1. The molecule has 0 radical (unpaired) electrons. The van der Waals surface area contributed by atoms with Crippen LogP contribution in [0, 0.1) is 5.92 Å². The van der Waals surface area contributed by atoms with Crippen molar-refractivity contribution >= 4 is 5.91 Å². The van der Waals surface area contributed by atoms with Crippen LogP contribution in [0.5, 0.6) is 11.6 Å². The van der Waals surface area contributed by atoms with E-state index in [0.29, 0.717) is 24.8 Å². The van der Waals surface area contributed by atoms with Crippen LogP contribution in [-0.2, 0) is 17.8 Å². The summed E-state index contributed by atoms with van der Waals surface area (Å²) in [5, 5.41) is 2.90. The van der Waals surface area contributed by atoms with Crippen LogP contribution in [0.1, 0.15) is 24.0 Å². The molecule has 2 aromatic rings. The van der Waals surface area contributed by atoms with Crippen LogP contribution in [0.2, 0.25) is 0 Å². The molecule has 1 fully saturated rings. The summed E-state index contributed by atoms with van der Waals surface area (Å²) in [6, 6.07) is 11.3. The molecule has 1 N–H and O–H groups in total. The number of carbonyl (C=O) groups is 1. The fourth-order valence-electron chi connectivity index (χ4n) is 2.37. The van der Waals surface area contributed by atoms with Crippen molar-refractivity contribution in [2.24, 2.45) is 5.92 Å². The van der Waals surface area contributed by atoms with Gasteiger partial charge in [0.1, 0.15) is 5.75 Å². The molecule has 126 valence electrons. The van der Waals surface area contributed by atoms with Gasteiger partial charge in [0.2, 0.25) is 11.8 Å². The maximum Gasteiger partial charge on any atom is 0.224 e. The third kappa shape index (κ3) is 4.72. The van der Waals surface area contributed by atoms with Crippen molar-refractivity contribution in [1.29, 1.82) is 0 Å². The van der Waals surface area contributed by atoms with E-state index < -0.39 is 0 Å². The molecule has 0 spiro atoms. The van der Waals surface area contributed by atoms with E-state index in [0.717, 1.165) is 23.5 Å². The number of pyridine rings is 1. The molecular weight excluding hydrogens is 304 g/mol. The van der Waals surface area contributed by atoms with Crippen molar-refractivity contribution in [3.05, 3.63) is 53.7 Å². The largest absolute Gasteiger partial charge is 0.496 e. The van der Waals surface area contributed by atoms with Gasteiger partial charge in [0.15, 0.2) is 0 Å². The summed E-state index contributed by atoms with van der Waals surface area (Å²) in [6.45, 7) is 1.20. The highest BCUT2D eigenvalue weighted by Gasteiger charge is 2.22. The van der Waals surface area contributed by atoms with Crippen LogP contribution in [0.3, 0.4) is 0 Å². The van der Waals surface area contributed by atoms with Gasteiger partial charge in [-0.3, -0.25) is 4.79 Å². The molecule has 0 unspecified atom stereocenters. The van der Waals surface area contributed by atoms with E-state index in [1.54, 1.807) is 13.3 Å². The normalized spacial score (nSPS) is 13.4. The highest BCUT2D eigenvalue weighted by atomic mass is 16.5. The van der Waals surface area contributed by atoms with Crippen LogP contribution >= 0.6 is 0 Å². The maximum atomic E-state index is 12.1. The molecular formula is C19H22N2O3. The predicted octanol–water partition coefficient (Wildman–Crippen LogP) is 2.74. The smallest absolute Gasteiger partial charge is 0.224 e. The molecule has 5 heteroatoms. The molecule has 1 amide bonds. The topological polar surface area (TPSA) is 60.5 Å². The first-order valence-electron chi connectivity index (χ1n) is 8.21. The van der Waals surface area contributed by atoms with Crippen molar-refractivity contribution in [3.8, 4) is 11.6 Å². The lowest BCUT2D eigenvalue weighted by atomic mass is 10.1. The van der Waals surface area contributed by atoms with Crippen molar-refractivity contribution in [3.63, 3.8) is 0 Å². The lowest BCUT2D eigenvalue weighted by Crippen LogP contribution is -2.24. The number of benzene rings is 1. The van der Waals surface area contributed by atoms with Crippen molar-refractivity contribution in [2.75, 3.05) is 13.7 Å². The highest BCUT2D eigenvalue weighted by Crippen LogP contribution is 2.29. The van der Waals surface area contributed by atoms with E-state index in [-0.39, 0.29) is 5.91 Å². The maximum absolute atomic E-state index is 12.1. The highest BCUT2D eigenvalue weighted by molar-refractivity contribution is 5.79. The summed E-state index contributed by atoms with van der Waals surface area (Å²) in [5.74, 6) is 2.03. The lowest BCUT2D eigenvalue weighted by Gasteiger charge is -2.09. The fraction of sp³-hybridized carbons (Fsp3) is 0.368. The first-order valence-corrected chi connectivity index (χ1v) is 8.21. The summed E-state index contributed by atoms with van der Waals surface area (Å²) >= 11 is 0. The Labute approximate surface area is 142 Å². The number of nitrogens with zero attached hydrogens (tertiary/aromatic N) is 1. The minimum atomic E-state index is -0.0476. The molecule has 1 saturated carbocycles. The average molecular weight is 326 g/mol.